The lowest BCUT2D eigenvalue weighted by Gasteiger charge is -2.26. The van der Waals surface area contributed by atoms with Crippen molar-refractivity contribution in [3.05, 3.63) is 33.3 Å². The molecule has 96 valence electrons. The van der Waals surface area contributed by atoms with Crippen LogP contribution in [0.25, 0.3) is 0 Å². The van der Waals surface area contributed by atoms with Gasteiger partial charge in [-0.1, -0.05) is 54.4 Å². The molecule has 0 aliphatic heterocycles. The molecule has 1 aromatic carbocycles. The molecular formula is C14H21BrClN. The van der Waals surface area contributed by atoms with Gasteiger partial charge >= 0.3 is 0 Å². The fraction of sp³-hybridized carbons (Fsp3) is 0.571. The first-order chi connectivity index (χ1) is 7.81. The molecule has 0 amide bonds. The predicted octanol–water partition coefficient (Wildman–Crippen LogP) is 4.67. The van der Waals surface area contributed by atoms with Gasteiger partial charge in [0.15, 0.2) is 0 Å². The van der Waals surface area contributed by atoms with Crippen LogP contribution in [-0.2, 0) is 6.42 Å². The summed E-state index contributed by atoms with van der Waals surface area (Å²) >= 11 is 9.67. The molecule has 1 aromatic rings. The molecule has 1 rings (SSSR count). The quantitative estimate of drug-likeness (QED) is 0.850. The molecule has 1 nitrogen and oxygen atoms in total. The van der Waals surface area contributed by atoms with Gasteiger partial charge in [-0.05, 0) is 43.0 Å². The molecule has 1 N–H and O–H groups in total. The van der Waals surface area contributed by atoms with Crippen LogP contribution >= 0.6 is 27.5 Å². The van der Waals surface area contributed by atoms with Gasteiger partial charge in [-0.25, -0.2) is 0 Å². The van der Waals surface area contributed by atoms with E-state index in [-0.39, 0.29) is 0 Å². The van der Waals surface area contributed by atoms with Crippen LogP contribution in [0.4, 0.5) is 0 Å². The lowest BCUT2D eigenvalue weighted by atomic mass is 9.86. The van der Waals surface area contributed by atoms with E-state index in [4.69, 9.17) is 11.6 Å². The van der Waals surface area contributed by atoms with E-state index >= 15 is 0 Å². The van der Waals surface area contributed by atoms with E-state index in [1.54, 1.807) is 0 Å². The van der Waals surface area contributed by atoms with Gasteiger partial charge < -0.3 is 5.32 Å². The number of hydrogen-bond donors (Lipinski definition) is 1. The van der Waals surface area contributed by atoms with Gasteiger partial charge in [0.05, 0.1) is 0 Å². The van der Waals surface area contributed by atoms with Gasteiger partial charge in [0, 0.05) is 15.5 Å². The van der Waals surface area contributed by atoms with E-state index in [0.29, 0.717) is 11.5 Å². The van der Waals surface area contributed by atoms with Crippen LogP contribution in [0, 0.1) is 5.41 Å². The molecule has 0 saturated heterocycles. The molecule has 1 atom stereocenters. The maximum absolute atomic E-state index is 6.24. The van der Waals surface area contributed by atoms with Crippen molar-refractivity contribution >= 4 is 27.5 Å². The van der Waals surface area contributed by atoms with Gasteiger partial charge in [-0.2, -0.15) is 0 Å². The summed E-state index contributed by atoms with van der Waals surface area (Å²) in [4.78, 5) is 0. The maximum atomic E-state index is 6.24. The Balaban J connectivity index is 2.74. The van der Waals surface area contributed by atoms with Gasteiger partial charge in [-0.15, -0.1) is 0 Å². The number of nitrogens with one attached hydrogen (secondary N) is 1. The van der Waals surface area contributed by atoms with Crippen LogP contribution < -0.4 is 5.32 Å². The van der Waals surface area contributed by atoms with Crippen LogP contribution in [-0.4, -0.2) is 13.1 Å². The zero-order chi connectivity index (χ0) is 13.1. The molecule has 0 radical (unpaired) electrons. The van der Waals surface area contributed by atoms with Crippen LogP contribution in [0.15, 0.2) is 22.7 Å². The molecule has 0 saturated carbocycles. The lowest BCUT2D eigenvalue weighted by molar-refractivity contribution is 0.316. The fourth-order valence-corrected chi connectivity index (χ4v) is 2.72. The smallest absolute Gasteiger partial charge is 0.0449 e. The molecule has 0 fully saturated rings. The standard InChI is InChI=1S/C14H21BrClN/c1-14(2,3)9-12(17-4)7-10-5-6-11(15)8-13(10)16/h5-6,8,12,17H,7,9H2,1-4H3. The first-order valence-electron chi connectivity index (χ1n) is 5.93. The summed E-state index contributed by atoms with van der Waals surface area (Å²) in [6, 6.07) is 6.57. The van der Waals surface area contributed by atoms with Crippen LogP contribution in [0.3, 0.4) is 0 Å². The summed E-state index contributed by atoms with van der Waals surface area (Å²) < 4.78 is 1.03. The zero-order valence-corrected chi connectivity index (χ0v) is 13.3. The monoisotopic (exact) mass is 317 g/mol. The van der Waals surface area contributed by atoms with E-state index in [0.717, 1.165) is 22.3 Å². The minimum absolute atomic E-state index is 0.329. The van der Waals surface area contributed by atoms with Gasteiger partial charge in [0.25, 0.3) is 0 Å². The van der Waals surface area contributed by atoms with Crippen LogP contribution in [0.1, 0.15) is 32.8 Å². The maximum Gasteiger partial charge on any atom is 0.0449 e. The number of rotatable bonds is 4. The van der Waals surface area contributed by atoms with Crippen molar-refractivity contribution in [1.82, 2.24) is 5.32 Å². The zero-order valence-electron chi connectivity index (χ0n) is 11.0. The Kier molecular flexibility index (Phi) is 5.49. The molecule has 0 aliphatic rings. The number of hydrogen-bond acceptors (Lipinski definition) is 1. The van der Waals surface area contributed by atoms with Crippen molar-refractivity contribution in [2.75, 3.05) is 7.05 Å². The van der Waals surface area contributed by atoms with Crippen molar-refractivity contribution < 1.29 is 0 Å². The summed E-state index contributed by atoms with van der Waals surface area (Å²) in [5.74, 6) is 0. The molecule has 0 spiro atoms. The fourth-order valence-electron chi connectivity index (χ4n) is 1.97. The highest BCUT2D eigenvalue weighted by Gasteiger charge is 2.18. The largest absolute Gasteiger partial charge is 0.317 e. The van der Waals surface area contributed by atoms with Crippen molar-refractivity contribution in [1.29, 1.82) is 0 Å². The Morgan fingerprint density at radius 1 is 1.35 bits per heavy atom. The third-order valence-electron chi connectivity index (χ3n) is 2.75. The summed E-state index contributed by atoms with van der Waals surface area (Å²) in [6.07, 6.45) is 2.11. The van der Waals surface area contributed by atoms with Crippen molar-refractivity contribution in [3.63, 3.8) is 0 Å². The predicted molar refractivity (Wildman–Crippen MR) is 79.8 cm³/mol. The van der Waals surface area contributed by atoms with Gasteiger partial charge in [0.1, 0.15) is 0 Å². The summed E-state index contributed by atoms with van der Waals surface area (Å²) in [5.41, 5.74) is 1.54. The van der Waals surface area contributed by atoms with E-state index < -0.39 is 0 Å². The van der Waals surface area contributed by atoms with Crippen LogP contribution in [0.5, 0.6) is 0 Å². The average Bonchev–Trinajstić information content (AvgIpc) is 2.19. The first-order valence-corrected chi connectivity index (χ1v) is 7.10. The summed E-state index contributed by atoms with van der Waals surface area (Å²) in [6.45, 7) is 6.79. The van der Waals surface area contributed by atoms with Crippen LogP contribution in [0.2, 0.25) is 5.02 Å². The number of halogens is 2. The van der Waals surface area contributed by atoms with Gasteiger partial charge in [-0.3, -0.25) is 0 Å². The highest BCUT2D eigenvalue weighted by molar-refractivity contribution is 9.10. The third kappa shape index (κ3) is 5.41. The minimum atomic E-state index is 0.329. The number of likely N-dealkylation sites (N-methyl/N-ethyl adjacent to an activating group) is 1. The lowest BCUT2D eigenvalue weighted by Crippen LogP contribution is -2.32. The molecule has 1 unspecified atom stereocenters. The Morgan fingerprint density at radius 3 is 2.47 bits per heavy atom. The van der Waals surface area contributed by atoms with Crippen molar-refractivity contribution in [2.24, 2.45) is 5.41 Å². The Labute approximate surface area is 118 Å². The Bertz CT molecular complexity index is 371. The van der Waals surface area contributed by atoms with Crippen molar-refractivity contribution in [2.45, 2.75) is 39.7 Å². The summed E-state index contributed by atoms with van der Waals surface area (Å²) in [5, 5.41) is 4.22. The minimum Gasteiger partial charge on any atom is -0.317 e. The van der Waals surface area contributed by atoms with E-state index in [2.05, 4.69) is 48.1 Å². The first kappa shape index (κ1) is 15.0. The molecule has 17 heavy (non-hydrogen) atoms. The second kappa shape index (κ2) is 6.21. The molecule has 3 heteroatoms. The van der Waals surface area contributed by atoms with E-state index in [9.17, 15) is 0 Å². The topological polar surface area (TPSA) is 12.0 Å². The number of benzene rings is 1. The second-order valence-corrected chi connectivity index (χ2v) is 7.01. The Morgan fingerprint density at radius 2 is 2.00 bits per heavy atom. The van der Waals surface area contributed by atoms with E-state index in [1.165, 1.54) is 5.56 Å². The SMILES string of the molecule is CNC(Cc1ccc(Br)cc1Cl)CC(C)(C)C. The Hall–Kier alpha value is -0.0500. The average molecular weight is 319 g/mol. The summed E-state index contributed by atoms with van der Waals surface area (Å²) in [7, 11) is 2.02. The molecule has 0 aliphatic carbocycles. The molecule has 0 heterocycles. The van der Waals surface area contributed by atoms with Crippen molar-refractivity contribution in [3.8, 4) is 0 Å². The molecular weight excluding hydrogens is 298 g/mol. The van der Waals surface area contributed by atoms with Gasteiger partial charge in [0.2, 0.25) is 0 Å². The molecule has 0 aromatic heterocycles. The normalized spacial score (nSPS) is 13.8. The second-order valence-electron chi connectivity index (χ2n) is 5.69. The highest BCUT2D eigenvalue weighted by atomic mass is 79.9. The van der Waals surface area contributed by atoms with E-state index in [1.807, 2.05) is 19.2 Å². The molecule has 0 bridgehead atoms. The third-order valence-corrected chi connectivity index (χ3v) is 3.59. The highest BCUT2D eigenvalue weighted by Crippen LogP contribution is 2.26.